The van der Waals surface area contributed by atoms with Crippen LogP contribution in [0.1, 0.15) is 43.1 Å². The number of likely N-dealkylation sites (N-methyl/N-ethyl adjacent to an activating group) is 1. The van der Waals surface area contributed by atoms with E-state index in [0.29, 0.717) is 36.1 Å². The average Bonchev–Trinajstić information content (AvgIpc) is 3.02. The molecule has 0 saturated heterocycles. The molecule has 0 radical (unpaired) electrons. The van der Waals surface area contributed by atoms with Crippen molar-refractivity contribution in [2.45, 2.75) is 38.6 Å². The van der Waals surface area contributed by atoms with Gasteiger partial charge in [0.25, 0.3) is 0 Å². The molecule has 1 unspecified atom stereocenters. The van der Waals surface area contributed by atoms with Crippen LogP contribution >= 0.6 is 11.6 Å². The molecule has 6 nitrogen and oxygen atoms in total. The smallest absolute Gasteiger partial charge is 0.227 e. The van der Waals surface area contributed by atoms with Gasteiger partial charge in [0.2, 0.25) is 11.8 Å². The summed E-state index contributed by atoms with van der Waals surface area (Å²) >= 11 is 6.28. The average molecular weight is 365 g/mol. The summed E-state index contributed by atoms with van der Waals surface area (Å²) in [6, 6.07) is 7.69. The van der Waals surface area contributed by atoms with Gasteiger partial charge in [-0.25, -0.2) is 0 Å². The van der Waals surface area contributed by atoms with Crippen molar-refractivity contribution in [3.63, 3.8) is 0 Å². The molecule has 0 saturated carbocycles. The number of nitrogens with zero attached hydrogens (tertiary/aromatic N) is 3. The molecule has 0 spiro atoms. The maximum absolute atomic E-state index is 12.1. The standard InChI is InChI=1S/C18H25ClN4O2/c1-4-7-16-21-18(25-22-16)11-10-17(24)20-12-15(23(2)3)13-8-5-6-9-14(13)19/h5-6,8-9,15H,4,7,10-12H2,1-3H3,(H,20,24). The molecule has 2 rings (SSSR count). The molecule has 1 amide bonds. The number of amides is 1. The number of benzene rings is 1. The Bertz CT molecular complexity index is 687. The van der Waals surface area contributed by atoms with Gasteiger partial charge < -0.3 is 14.7 Å². The van der Waals surface area contributed by atoms with Crippen LogP contribution in [0.25, 0.3) is 0 Å². The molecule has 0 fully saturated rings. The molecule has 0 aliphatic rings. The van der Waals surface area contributed by atoms with Gasteiger partial charge in [-0.3, -0.25) is 4.79 Å². The second kappa shape index (κ2) is 9.53. The number of hydrogen-bond donors (Lipinski definition) is 1. The molecule has 2 aromatic rings. The van der Waals surface area contributed by atoms with Crippen LogP contribution in [0.4, 0.5) is 0 Å². The molecule has 1 atom stereocenters. The third-order valence-electron chi connectivity index (χ3n) is 3.93. The number of aryl methyl sites for hydroxylation is 2. The lowest BCUT2D eigenvalue weighted by Gasteiger charge is -2.26. The van der Waals surface area contributed by atoms with Crippen LogP contribution < -0.4 is 5.32 Å². The van der Waals surface area contributed by atoms with E-state index in [0.717, 1.165) is 18.4 Å². The molecule has 1 heterocycles. The maximum Gasteiger partial charge on any atom is 0.227 e. The van der Waals surface area contributed by atoms with E-state index >= 15 is 0 Å². The highest BCUT2D eigenvalue weighted by Crippen LogP contribution is 2.25. The zero-order valence-electron chi connectivity index (χ0n) is 15.0. The summed E-state index contributed by atoms with van der Waals surface area (Å²) in [5.74, 6) is 1.16. The SMILES string of the molecule is CCCc1noc(CCC(=O)NCC(c2ccccc2Cl)N(C)C)n1. The number of nitrogens with one attached hydrogen (secondary N) is 1. The zero-order chi connectivity index (χ0) is 18.2. The Morgan fingerprint density at radius 3 is 2.76 bits per heavy atom. The highest BCUT2D eigenvalue weighted by molar-refractivity contribution is 6.31. The summed E-state index contributed by atoms with van der Waals surface area (Å²) in [4.78, 5) is 18.4. The van der Waals surface area contributed by atoms with Gasteiger partial charge in [-0.1, -0.05) is 41.9 Å². The molecule has 7 heteroatoms. The Hall–Kier alpha value is -1.92. The van der Waals surface area contributed by atoms with Crippen molar-refractivity contribution in [1.82, 2.24) is 20.4 Å². The van der Waals surface area contributed by atoms with Gasteiger partial charge in [0, 0.05) is 30.8 Å². The molecule has 1 N–H and O–H groups in total. The van der Waals surface area contributed by atoms with Crippen molar-refractivity contribution in [3.8, 4) is 0 Å². The first-order valence-electron chi connectivity index (χ1n) is 8.50. The summed E-state index contributed by atoms with van der Waals surface area (Å²) in [5.41, 5.74) is 0.996. The number of hydrogen-bond acceptors (Lipinski definition) is 5. The molecule has 0 bridgehead atoms. The molecule has 1 aromatic carbocycles. The third kappa shape index (κ3) is 5.83. The van der Waals surface area contributed by atoms with Gasteiger partial charge in [0.1, 0.15) is 0 Å². The topological polar surface area (TPSA) is 71.3 Å². The predicted molar refractivity (Wildman–Crippen MR) is 97.5 cm³/mol. The van der Waals surface area contributed by atoms with E-state index in [2.05, 4.69) is 22.4 Å². The lowest BCUT2D eigenvalue weighted by Crippen LogP contribution is -2.34. The van der Waals surface area contributed by atoms with E-state index < -0.39 is 0 Å². The first kappa shape index (κ1) is 19.4. The van der Waals surface area contributed by atoms with Gasteiger partial charge in [-0.2, -0.15) is 4.98 Å². The quantitative estimate of drug-likeness (QED) is 0.740. The summed E-state index contributed by atoms with van der Waals surface area (Å²) < 4.78 is 5.15. The third-order valence-corrected chi connectivity index (χ3v) is 4.27. The monoisotopic (exact) mass is 364 g/mol. The lowest BCUT2D eigenvalue weighted by molar-refractivity contribution is -0.121. The Balaban J connectivity index is 1.85. The minimum absolute atomic E-state index is 0.0113. The summed E-state index contributed by atoms with van der Waals surface area (Å²) in [5, 5.41) is 7.55. The Morgan fingerprint density at radius 1 is 1.32 bits per heavy atom. The maximum atomic E-state index is 12.1. The highest BCUT2D eigenvalue weighted by Gasteiger charge is 2.18. The van der Waals surface area contributed by atoms with Gasteiger partial charge in [0.05, 0.1) is 6.04 Å². The molecule has 0 aliphatic heterocycles. The molecular weight excluding hydrogens is 340 g/mol. The van der Waals surface area contributed by atoms with Gasteiger partial charge >= 0.3 is 0 Å². The normalized spacial score (nSPS) is 12.4. The zero-order valence-corrected chi connectivity index (χ0v) is 15.7. The number of halogens is 1. The number of rotatable bonds is 9. The van der Waals surface area contributed by atoms with Crippen LogP contribution in [0.3, 0.4) is 0 Å². The van der Waals surface area contributed by atoms with E-state index in [4.69, 9.17) is 16.1 Å². The summed E-state index contributed by atoms with van der Waals surface area (Å²) in [6.07, 6.45) is 2.52. The second-order valence-corrected chi connectivity index (χ2v) is 6.57. The Labute approximate surface area is 153 Å². The van der Waals surface area contributed by atoms with Gasteiger partial charge in [-0.05, 0) is 32.1 Å². The fourth-order valence-electron chi connectivity index (χ4n) is 2.55. The summed E-state index contributed by atoms with van der Waals surface area (Å²) in [7, 11) is 3.93. The van der Waals surface area contributed by atoms with Crippen LogP contribution in [0.15, 0.2) is 28.8 Å². The molecule has 1 aromatic heterocycles. The fraction of sp³-hybridized carbons (Fsp3) is 0.500. The minimum Gasteiger partial charge on any atom is -0.354 e. The van der Waals surface area contributed by atoms with Crippen molar-refractivity contribution in [2.75, 3.05) is 20.6 Å². The fourth-order valence-corrected chi connectivity index (χ4v) is 2.81. The Morgan fingerprint density at radius 2 is 2.08 bits per heavy atom. The first-order chi connectivity index (χ1) is 12.0. The second-order valence-electron chi connectivity index (χ2n) is 6.16. The molecular formula is C18H25ClN4O2. The van der Waals surface area contributed by atoms with E-state index in [1.807, 2.05) is 43.3 Å². The Kier molecular flexibility index (Phi) is 7.40. The van der Waals surface area contributed by atoms with E-state index in [-0.39, 0.29) is 11.9 Å². The highest BCUT2D eigenvalue weighted by atomic mass is 35.5. The number of carbonyl (C=O) groups excluding carboxylic acids is 1. The largest absolute Gasteiger partial charge is 0.354 e. The van der Waals surface area contributed by atoms with Crippen LogP contribution in [0.5, 0.6) is 0 Å². The minimum atomic E-state index is -0.0471. The summed E-state index contributed by atoms with van der Waals surface area (Å²) in [6.45, 7) is 2.55. The van der Waals surface area contributed by atoms with Crippen LogP contribution in [-0.4, -0.2) is 41.6 Å². The van der Waals surface area contributed by atoms with Gasteiger partial charge in [0.15, 0.2) is 5.82 Å². The first-order valence-corrected chi connectivity index (χ1v) is 8.88. The van der Waals surface area contributed by atoms with Crippen molar-refractivity contribution in [2.24, 2.45) is 0 Å². The number of carbonyl (C=O) groups is 1. The van der Waals surface area contributed by atoms with Crippen molar-refractivity contribution < 1.29 is 9.32 Å². The van der Waals surface area contributed by atoms with Crippen molar-refractivity contribution >= 4 is 17.5 Å². The molecule has 136 valence electrons. The van der Waals surface area contributed by atoms with Gasteiger partial charge in [-0.15, -0.1) is 0 Å². The van der Waals surface area contributed by atoms with E-state index in [1.54, 1.807) is 0 Å². The molecule has 0 aliphatic carbocycles. The van der Waals surface area contributed by atoms with Crippen LogP contribution in [-0.2, 0) is 17.6 Å². The molecule has 25 heavy (non-hydrogen) atoms. The van der Waals surface area contributed by atoms with Crippen molar-refractivity contribution in [3.05, 3.63) is 46.6 Å². The van der Waals surface area contributed by atoms with E-state index in [1.165, 1.54) is 0 Å². The number of aromatic nitrogens is 2. The van der Waals surface area contributed by atoms with E-state index in [9.17, 15) is 4.79 Å². The van der Waals surface area contributed by atoms with Crippen molar-refractivity contribution in [1.29, 1.82) is 0 Å². The van der Waals surface area contributed by atoms with Crippen LogP contribution in [0.2, 0.25) is 5.02 Å². The lowest BCUT2D eigenvalue weighted by atomic mass is 10.1. The predicted octanol–water partition coefficient (Wildman–Crippen LogP) is 3.03. The van der Waals surface area contributed by atoms with Crippen LogP contribution in [0, 0.1) is 0 Å².